The van der Waals surface area contributed by atoms with Gasteiger partial charge in [-0.25, -0.2) is 0 Å². The molecule has 11 heavy (non-hydrogen) atoms. The average Bonchev–Trinajstić information content (AvgIpc) is 2.35. The predicted octanol–water partition coefficient (Wildman–Crippen LogP) is 2.74. The van der Waals surface area contributed by atoms with Gasteiger partial charge in [0.2, 0.25) is 0 Å². The van der Waals surface area contributed by atoms with Crippen LogP contribution in [-0.4, -0.2) is 5.78 Å². The van der Waals surface area contributed by atoms with Gasteiger partial charge in [0.15, 0.2) is 5.78 Å². The second-order valence-electron chi connectivity index (χ2n) is 2.42. The number of ketones is 1. The Morgan fingerprint density at radius 2 is 2.27 bits per heavy atom. The standard InChI is InChI=1S/C9H10OS/c1-7(6-8(2)10)9-4-3-5-11-9/h3-6H,1-2H3/b7-6-. The Morgan fingerprint density at radius 1 is 1.55 bits per heavy atom. The average molecular weight is 166 g/mol. The number of rotatable bonds is 2. The minimum Gasteiger partial charge on any atom is -0.295 e. The minimum absolute atomic E-state index is 0.107. The fraction of sp³-hybridized carbons (Fsp3) is 0.222. The summed E-state index contributed by atoms with van der Waals surface area (Å²) in [6.45, 7) is 3.52. The summed E-state index contributed by atoms with van der Waals surface area (Å²) in [6, 6.07) is 4.00. The third-order valence-corrected chi connectivity index (χ3v) is 2.33. The SMILES string of the molecule is CC(=O)/C=C(/C)c1cccs1. The van der Waals surface area contributed by atoms with Crippen LogP contribution in [0.2, 0.25) is 0 Å². The molecule has 0 radical (unpaired) electrons. The number of hydrogen-bond donors (Lipinski definition) is 0. The van der Waals surface area contributed by atoms with Crippen LogP contribution in [0.3, 0.4) is 0 Å². The molecule has 0 aliphatic heterocycles. The molecule has 0 atom stereocenters. The highest BCUT2D eigenvalue weighted by atomic mass is 32.1. The maximum atomic E-state index is 10.7. The van der Waals surface area contributed by atoms with E-state index in [1.807, 2.05) is 24.4 Å². The number of carbonyl (C=O) groups excluding carboxylic acids is 1. The lowest BCUT2D eigenvalue weighted by molar-refractivity contribution is -0.112. The maximum absolute atomic E-state index is 10.7. The molecule has 0 unspecified atom stereocenters. The van der Waals surface area contributed by atoms with Crippen LogP contribution in [0, 0.1) is 0 Å². The number of allylic oxidation sites excluding steroid dienone is 2. The van der Waals surface area contributed by atoms with Crippen molar-refractivity contribution in [3.8, 4) is 0 Å². The highest BCUT2D eigenvalue weighted by Gasteiger charge is 1.96. The first kappa shape index (κ1) is 8.21. The van der Waals surface area contributed by atoms with Crippen molar-refractivity contribution >= 4 is 22.7 Å². The third-order valence-electron chi connectivity index (χ3n) is 1.33. The molecule has 1 rings (SSSR count). The van der Waals surface area contributed by atoms with Gasteiger partial charge in [0.05, 0.1) is 0 Å². The summed E-state index contributed by atoms with van der Waals surface area (Å²) >= 11 is 1.65. The van der Waals surface area contributed by atoms with Crippen LogP contribution in [0.4, 0.5) is 0 Å². The first-order chi connectivity index (χ1) is 5.20. The molecule has 1 aromatic rings. The van der Waals surface area contributed by atoms with E-state index in [0.717, 1.165) is 5.57 Å². The van der Waals surface area contributed by atoms with E-state index in [1.165, 1.54) is 4.88 Å². The molecule has 0 spiro atoms. The van der Waals surface area contributed by atoms with Crippen molar-refractivity contribution in [2.24, 2.45) is 0 Å². The van der Waals surface area contributed by atoms with Crippen molar-refractivity contribution in [1.29, 1.82) is 0 Å². The smallest absolute Gasteiger partial charge is 0.152 e. The Bertz CT molecular complexity index is 270. The van der Waals surface area contributed by atoms with E-state index in [9.17, 15) is 4.79 Å². The zero-order chi connectivity index (χ0) is 8.27. The first-order valence-electron chi connectivity index (χ1n) is 3.43. The molecule has 58 valence electrons. The molecule has 0 fully saturated rings. The quantitative estimate of drug-likeness (QED) is 0.617. The van der Waals surface area contributed by atoms with Crippen LogP contribution in [0.5, 0.6) is 0 Å². The van der Waals surface area contributed by atoms with E-state index in [-0.39, 0.29) is 5.78 Å². The normalized spacial score (nSPS) is 11.6. The van der Waals surface area contributed by atoms with Gasteiger partial charge in [-0.15, -0.1) is 11.3 Å². The summed E-state index contributed by atoms with van der Waals surface area (Å²) < 4.78 is 0. The Kier molecular flexibility index (Phi) is 2.60. The molecule has 0 saturated carbocycles. The largest absolute Gasteiger partial charge is 0.295 e. The van der Waals surface area contributed by atoms with Crippen LogP contribution in [0.1, 0.15) is 18.7 Å². The van der Waals surface area contributed by atoms with Crippen LogP contribution in [0.15, 0.2) is 23.6 Å². The first-order valence-corrected chi connectivity index (χ1v) is 4.31. The molecule has 1 heterocycles. The lowest BCUT2D eigenvalue weighted by atomic mass is 10.2. The molecule has 1 aromatic heterocycles. The third kappa shape index (κ3) is 2.31. The summed E-state index contributed by atoms with van der Waals surface area (Å²) in [6.07, 6.45) is 1.66. The highest BCUT2D eigenvalue weighted by molar-refractivity contribution is 7.11. The lowest BCUT2D eigenvalue weighted by Crippen LogP contribution is -1.82. The molecule has 0 amide bonds. The fourth-order valence-electron chi connectivity index (χ4n) is 0.879. The van der Waals surface area contributed by atoms with E-state index in [0.29, 0.717) is 0 Å². The summed E-state index contributed by atoms with van der Waals surface area (Å²) in [5.74, 6) is 0.107. The molecule has 0 aliphatic rings. The van der Waals surface area contributed by atoms with Gasteiger partial charge in [-0.2, -0.15) is 0 Å². The van der Waals surface area contributed by atoms with Crippen LogP contribution < -0.4 is 0 Å². The summed E-state index contributed by atoms with van der Waals surface area (Å²) in [4.78, 5) is 11.8. The molecule has 0 aromatic carbocycles. The predicted molar refractivity (Wildman–Crippen MR) is 48.7 cm³/mol. The minimum atomic E-state index is 0.107. The van der Waals surface area contributed by atoms with Crippen molar-refractivity contribution in [3.63, 3.8) is 0 Å². The zero-order valence-electron chi connectivity index (χ0n) is 6.63. The molecule has 0 aliphatic carbocycles. The van der Waals surface area contributed by atoms with Gasteiger partial charge in [0.1, 0.15) is 0 Å². The Hall–Kier alpha value is -0.890. The summed E-state index contributed by atoms with van der Waals surface area (Å²) in [5, 5.41) is 2.01. The molecule has 2 heteroatoms. The zero-order valence-corrected chi connectivity index (χ0v) is 7.44. The van der Waals surface area contributed by atoms with E-state index < -0.39 is 0 Å². The van der Waals surface area contributed by atoms with E-state index in [1.54, 1.807) is 24.3 Å². The van der Waals surface area contributed by atoms with Gasteiger partial charge >= 0.3 is 0 Å². The second kappa shape index (κ2) is 3.49. The van der Waals surface area contributed by atoms with Crippen molar-refractivity contribution in [2.75, 3.05) is 0 Å². The molecule has 0 saturated heterocycles. The Labute approximate surface area is 70.4 Å². The van der Waals surface area contributed by atoms with Crippen molar-refractivity contribution in [1.82, 2.24) is 0 Å². The molecule has 0 N–H and O–H groups in total. The topological polar surface area (TPSA) is 17.1 Å². The molecule has 0 bridgehead atoms. The fourth-order valence-corrected chi connectivity index (χ4v) is 1.58. The van der Waals surface area contributed by atoms with Gasteiger partial charge < -0.3 is 0 Å². The van der Waals surface area contributed by atoms with E-state index >= 15 is 0 Å². The van der Waals surface area contributed by atoms with Crippen molar-refractivity contribution in [3.05, 3.63) is 28.5 Å². The van der Waals surface area contributed by atoms with Gasteiger partial charge in [-0.3, -0.25) is 4.79 Å². The maximum Gasteiger partial charge on any atom is 0.152 e. The summed E-state index contributed by atoms with van der Waals surface area (Å²) in [5.41, 5.74) is 1.05. The molecule has 1 nitrogen and oxygen atoms in total. The number of carbonyl (C=O) groups is 1. The Morgan fingerprint density at radius 3 is 2.73 bits per heavy atom. The highest BCUT2D eigenvalue weighted by Crippen LogP contribution is 2.18. The van der Waals surface area contributed by atoms with Crippen molar-refractivity contribution in [2.45, 2.75) is 13.8 Å². The van der Waals surface area contributed by atoms with Gasteiger partial charge in [0, 0.05) is 4.88 Å². The second-order valence-corrected chi connectivity index (χ2v) is 3.36. The summed E-state index contributed by atoms with van der Waals surface area (Å²) in [7, 11) is 0. The monoisotopic (exact) mass is 166 g/mol. The van der Waals surface area contributed by atoms with Gasteiger partial charge in [-0.1, -0.05) is 6.07 Å². The van der Waals surface area contributed by atoms with Crippen LogP contribution >= 0.6 is 11.3 Å². The number of thiophene rings is 1. The molecular formula is C9H10OS. The van der Waals surface area contributed by atoms with E-state index in [2.05, 4.69) is 0 Å². The number of hydrogen-bond acceptors (Lipinski definition) is 2. The van der Waals surface area contributed by atoms with Gasteiger partial charge in [-0.05, 0) is 36.9 Å². The lowest BCUT2D eigenvalue weighted by Gasteiger charge is -1.92. The van der Waals surface area contributed by atoms with E-state index in [4.69, 9.17) is 0 Å². The Balaban J connectivity index is 2.86. The van der Waals surface area contributed by atoms with Gasteiger partial charge in [0.25, 0.3) is 0 Å². The van der Waals surface area contributed by atoms with Crippen LogP contribution in [0.25, 0.3) is 5.57 Å². The van der Waals surface area contributed by atoms with Crippen molar-refractivity contribution < 1.29 is 4.79 Å². The molecular weight excluding hydrogens is 156 g/mol. The van der Waals surface area contributed by atoms with Crippen LogP contribution in [-0.2, 0) is 4.79 Å².